The van der Waals surface area contributed by atoms with E-state index >= 15 is 0 Å². The minimum atomic E-state index is -0.327. The summed E-state index contributed by atoms with van der Waals surface area (Å²) in [6.45, 7) is 4.58. The molecule has 3 N–H and O–H groups in total. The van der Waals surface area contributed by atoms with E-state index in [9.17, 15) is 4.79 Å². The lowest BCUT2D eigenvalue weighted by molar-refractivity contribution is -0.123. The number of hydrogen-bond donors (Lipinski definition) is 2. The fraction of sp³-hybridized carbons (Fsp3) is 0.611. The van der Waals surface area contributed by atoms with Crippen LogP contribution in [-0.4, -0.2) is 36.1 Å². The van der Waals surface area contributed by atoms with Crippen LogP contribution in [0.15, 0.2) is 24.3 Å². The second-order valence-corrected chi connectivity index (χ2v) is 8.86. The number of amides is 1. The van der Waals surface area contributed by atoms with Gasteiger partial charge in [-0.3, -0.25) is 4.79 Å². The van der Waals surface area contributed by atoms with Gasteiger partial charge in [-0.15, -0.1) is 35.9 Å². The monoisotopic (exact) mass is 404 g/mol. The summed E-state index contributed by atoms with van der Waals surface area (Å²) in [6.07, 6.45) is 2.97. The number of nitrogens with two attached hydrogens (primary N) is 1. The van der Waals surface area contributed by atoms with Crippen LogP contribution in [0.25, 0.3) is 0 Å². The van der Waals surface area contributed by atoms with Crippen molar-refractivity contribution in [3.05, 3.63) is 29.8 Å². The van der Waals surface area contributed by atoms with Crippen molar-refractivity contribution < 1.29 is 9.53 Å². The second-order valence-electron chi connectivity index (χ2n) is 6.13. The molecular weight excluding hydrogens is 376 g/mol. The van der Waals surface area contributed by atoms with Crippen molar-refractivity contribution in [1.29, 1.82) is 0 Å². The molecule has 0 aromatic heterocycles. The van der Waals surface area contributed by atoms with Gasteiger partial charge in [0.25, 0.3) is 5.91 Å². The van der Waals surface area contributed by atoms with Crippen molar-refractivity contribution in [3.8, 4) is 5.75 Å². The third-order valence-electron chi connectivity index (χ3n) is 4.40. The molecule has 1 amide bonds. The maximum absolute atomic E-state index is 11.9. The van der Waals surface area contributed by atoms with Gasteiger partial charge in [-0.1, -0.05) is 26.0 Å². The van der Waals surface area contributed by atoms with Gasteiger partial charge < -0.3 is 15.8 Å². The number of halogens is 1. The fourth-order valence-electron chi connectivity index (χ4n) is 2.38. The minimum absolute atomic E-state index is 0. The lowest BCUT2D eigenvalue weighted by Gasteiger charge is -2.26. The van der Waals surface area contributed by atoms with E-state index in [2.05, 4.69) is 17.4 Å². The van der Waals surface area contributed by atoms with Crippen molar-refractivity contribution in [1.82, 2.24) is 5.32 Å². The highest BCUT2D eigenvalue weighted by Crippen LogP contribution is 2.43. The molecule has 1 heterocycles. The largest absolute Gasteiger partial charge is 0.484 e. The van der Waals surface area contributed by atoms with Crippen molar-refractivity contribution in [2.24, 2.45) is 5.73 Å². The molecule has 25 heavy (non-hydrogen) atoms. The van der Waals surface area contributed by atoms with E-state index in [1.54, 1.807) is 0 Å². The topological polar surface area (TPSA) is 64.3 Å². The van der Waals surface area contributed by atoms with E-state index in [1.807, 2.05) is 49.5 Å². The van der Waals surface area contributed by atoms with Crippen molar-refractivity contribution >= 4 is 41.8 Å². The lowest BCUT2D eigenvalue weighted by atomic mass is 9.94. The summed E-state index contributed by atoms with van der Waals surface area (Å²) in [5.41, 5.74) is 7.17. The molecule has 0 unspecified atom stereocenters. The number of nitrogens with one attached hydrogen (secondary N) is 1. The van der Waals surface area contributed by atoms with E-state index in [-0.39, 0.29) is 30.5 Å². The summed E-state index contributed by atoms with van der Waals surface area (Å²) in [7, 11) is 0. The Morgan fingerprint density at radius 2 is 1.84 bits per heavy atom. The van der Waals surface area contributed by atoms with Gasteiger partial charge in [-0.2, -0.15) is 0 Å². The first-order valence-electron chi connectivity index (χ1n) is 8.58. The molecule has 7 heteroatoms. The SMILES string of the molecule is CCC(N)(CC)CNC(=O)COc1ccc(C2SCCCS2)cc1.Cl. The van der Waals surface area contributed by atoms with E-state index in [0.717, 1.165) is 18.6 Å². The molecule has 1 aliphatic rings. The predicted molar refractivity (Wildman–Crippen MR) is 112 cm³/mol. The molecule has 0 aliphatic carbocycles. The number of ether oxygens (including phenoxy) is 1. The first-order chi connectivity index (χ1) is 11.6. The van der Waals surface area contributed by atoms with Gasteiger partial charge in [0.15, 0.2) is 6.61 Å². The van der Waals surface area contributed by atoms with Gasteiger partial charge in [0.2, 0.25) is 0 Å². The summed E-state index contributed by atoms with van der Waals surface area (Å²) in [5.74, 6) is 3.06. The van der Waals surface area contributed by atoms with Crippen LogP contribution in [0.5, 0.6) is 5.75 Å². The quantitative estimate of drug-likeness (QED) is 0.685. The maximum atomic E-state index is 11.9. The molecule has 1 aliphatic heterocycles. The number of carbonyl (C=O) groups excluding carboxylic acids is 1. The molecule has 0 bridgehead atoms. The molecule has 2 rings (SSSR count). The average molecular weight is 405 g/mol. The summed E-state index contributed by atoms with van der Waals surface area (Å²) in [5, 5.41) is 2.86. The zero-order valence-electron chi connectivity index (χ0n) is 15.0. The molecule has 142 valence electrons. The van der Waals surface area contributed by atoms with Crippen molar-refractivity contribution in [3.63, 3.8) is 0 Å². The van der Waals surface area contributed by atoms with Crippen LogP contribution in [0, 0.1) is 0 Å². The Hall–Kier alpha value is -0.560. The van der Waals surface area contributed by atoms with Crippen molar-refractivity contribution in [2.45, 2.75) is 43.2 Å². The van der Waals surface area contributed by atoms with Gasteiger partial charge in [-0.25, -0.2) is 0 Å². The average Bonchev–Trinajstić information content (AvgIpc) is 2.65. The van der Waals surface area contributed by atoms with Gasteiger partial charge in [0, 0.05) is 12.1 Å². The van der Waals surface area contributed by atoms with Gasteiger partial charge in [-0.05, 0) is 48.5 Å². The lowest BCUT2D eigenvalue weighted by Crippen LogP contribution is -2.50. The maximum Gasteiger partial charge on any atom is 0.258 e. The molecule has 1 saturated heterocycles. The van der Waals surface area contributed by atoms with Crippen LogP contribution < -0.4 is 15.8 Å². The van der Waals surface area contributed by atoms with E-state index in [4.69, 9.17) is 10.5 Å². The van der Waals surface area contributed by atoms with E-state index < -0.39 is 0 Å². The number of hydrogen-bond acceptors (Lipinski definition) is 5. The first-order valence-corrected chi connectivity index (χ1v) is 10.7. The molecular formula is C18H29ClN2O2S2. The Labute approximate surface area is 165 Å². The molecule has 0 saturated carbocycles. The van der Waals surface area contributed by atoms with E-state index in [1.165, 1.54) is 23.5 Å². The fourth-order valence-corrected chi connectivity index (χ4v) is 5.27. The van der Waals surface area contributed by atoms with Gasteiger partial charge >= 0.3 is 0 Å². The van der Waals surface area contributed by atoms with Crippen LogP contribution in [0.1, 0.15) is 43.3 Å². The highest BCUT2D eigenvalue weighted by atomic mass is 35.5. The third kappa shape index (κ3) is 7.29. The Balaban J connectivity index is 0.00000312. The van der Waals surface area contributed by atoms with Crippen molar-refractivity contribution in [2.75, 3.05) is 24.7 Å². The normalized spacial score (nSPS) is 15.3. The summed E-state index contributed by atoms with van der Waals surface area (Å²) >= 11 is 4.00. The molecule has 0 spiro atoms. The standard InChI is InChI=1S/C18H28N2O2S2.ClH/c1-3-18(19,4-2)13-20-16(21)12-22-15-8-6-14(7-9-15)17-23-10-5-11-24-17;/h6-9,17H,3-5,10-13,19H2,1-2H3,(H,20,21);1H. The van der Waals surface area contributed by atoms with Gasteiger partial charge in [0.1, 0.15) is 5.75 Å². The Kier molecular flexibility index (Phi) is 10.1. The van der Waals surface area contributed by atoms with E-state index in [0.29, 0.717) is 11.1 Å². The zero-order valence-corrected chi connectivity index (χ0v) is 17.4. The molecule has 0 radical (unpaired) electrons. The highest BCUT2D eigenvalue weighted by molar-refractivity contribution is 8.16. The Bertz CT molecular complexity index is 518. The molecule has 0 atom stereocenters. The second kappa shape index (κ2) is 11.2. The molecule has 1 aromatic rings. The zero-order chi connectivity index (χ0) is 17.4. The minimum Gasteiger partial charge on any atom is -0.484 e. The Morgan fingerprint density at radius 1 is 1.24 bits per heavy atom. The highest BCUT2D eigenvalue weighted by Gasteiger charge is 2.21. The van der Waals surface area contributed by atoms with Crippen LogP contribution in [0.3, 0.4) is 0 Å². The smallest absolute Gasteiger partial charge is 0.258 e. The molecule has 4 nitrogen and oxygen atoms in total. The number of rotatable bonds is 8. The number of benzene rings is 1. The Morgan fingerprint density at radius 3 is 2.40 bits per heavy atom. The summed E-state index contributed by atoms with van der Waals surface area (Å²) in [6, 6.07) is 8.10. The van der Waals surface area contributed by atoms with Crippen LogP contribution in [-0.2, 0) is 4.79 Å². The molecule has 1 fully saturated rings. The summed E-state index contributed by atoms with van der Waals surface area (Å²) in [4.78, 5) is 11.9. The van der Waals surface area contributed by atoms with Crippen LogP contribution in [0.4, 0.5) is 0 Å². The van der Waals surface area contributed by atoms with Gasteiger partial charge in [0.05, 0.1) is 4.58 Å². The predicted octanol–water partition coefficient (Wildman–Crippen LogP) is 3.99. The van der Waals surface area contributed by atoms with Crippen LogP contribution in [0.2, 0.25) is 0 Å². The third-order valence-corrected chi connectivity index (χ3v) is 7.41. The van der Waals surface area contributed by atoms with Crippen LogP contribution >= 0.6 is 35.9 Å². The first kappa shape index (κ1) is 22.5. The molecule has 1 aromatic carbocycles. The summed E-state index contributed by atoms with van der Waals surface area (Å²) < 4.78 is 6.10. The number of carbonyl (C=O) groups is 1. The number of thioether (sulfide) groups is 2.